The van der Waals surface area contributed by atoms with Crippen molar-refractivity contribution in [1.29, 1.82) is 0 Å². The lowest BCUT2D eigenvalue weighted by molar-refractivity contribution is 0.228. The summed E-state index contributed by atoms with van der Waals surface area (Å²) in [6.07, 6.45) is 3.97. The molecule has 1 aliphatic heterocycles. The number of nitrogens with one attached hydrogen (secondary N) is 2. The van der Waals surface area contributed by atoms with Gasteiger partial charge in [-0.3, -0.25) is 0 Å². The number of hydrogen-bond acceptors (Lipinski definition) is 5. The first-order valence-corrected chi connectivity index (χ1v) is 6.10. The molecule has 0 aromatic heterocycles. The highest BCUT2D eigenvalue weighted by Gasteiger charge is 2.27. The molecular formula is C13H18N2O3. The molecule has 0 saturated carbocycles. The van der Waals surface area contributed by atoms with Crippen LogP contribution in [0.15, 0.2) is 46.6 Å². The van der Waals surface area contributed by atoms with Crippen LogP contribution < -0.4 is 10.6 Å². The summed E-state index contributed by atoms with van der Waals surface area (Å²) in [5.41, 5.74) is 1.76. The average molecular weight is 250 g/mol. The molecule has 5 nitrogen and oxygen atoms in total. The molecule has 18 heavy (non-hydrogen) atoms. The van der Waals surface area contributed by atoms with Crippen LogP contribution in [0.4, 0.5) is 0 Å². The Bertz CT molecular complexity index is 473. The highest BCUT2D eigenvalue weighted by Crippen LogP contribution is 2.34. The Kier molecular flexibility index (Phi) is 3.50. The first-order chi connectivity index (χ1) is 8.67. The fourth-order valence-electron chi connectivity index (χ4n) is 1.96. The van der Waals surface area contributed by atoms with Crippen LogP contribution in [0.3, 0.4) is 0 Å². The Labute approximate surface area is 106 Å². The van der Waals surface area contributed by atoms with Crippen LogP contribution in [0.1, 0.15) is 20.3 Å². The van der Waals surface area contributed by atoms with Gasteiger partial charge in [-0.25, -0.2) is 0 Å². The number of ether oxygens (including phenoxy) is 1. The molecule has 0 aromatic carbocycles. The van der Waals surface area contributed by atoms with Crippen LogP contribution in [0.2, 0.25) is 0 Å². The molecule has 0 aromatic rings. The van der Waals surface area contributed by atoms with Crippen molar-refractivity contribution >= 4 is 0 Å². The van der Waals surface area contributed by atoms with Crippen LogP contribution >= 0.6 is 0 Å². The topological polar surface area (TPSA) is 73.8 Å². The number of likely N-dealkylation sites (N-methyl/N-ethyl adjacent to an activating group) is 1. The number of rotatable bonds is 4. The molecular weight excluding hydrogens is 232 g/mol. The number of aliphatic hydroxyl groups excluding tert-OH is 2. The fraction of sp³-hybridized carbons (Fsp3) is 0.385. The molecule has 0 unspecified atom stereocenters. The second kappa shape index (κ2) is 5.08. The van der Waals surface area contributed by atoms with Crippen molar-refractivity contribution in [2.45, 2.75) is 20.3 Å². The van der Waals surface area contributed by atoms with Gasteiger partial charge in [0.05, 0.1) is 0 Å². The molecule has 0 saturated heterocycles. The summed E-state index contributed by atoms with van der Waals surface area (Å²) in [4.78, 5) is 0. The molecule has 0 spiro atoms. The fourth-order valence-corrected chi connectivity index (χ4v) is 1.96. The van der Waals surface area contributed by atoms with Gasteiger partial charge in [-0.15, -0.1) is 0 Å². The lowest BCUT2D eigenvalue weighted by atomic mass is 9.99. The second-order valence-electron chi connectivity index (χ2n) is 4.03. The zero-order chi connectivity index (χ0) is 13.1. The maximum Gasteiger partial charge on any atom is 0.201 e. The maximum absolute atomic E-state index is 9.86. The Morgan fingerprint density at radius 1 is 1.22 bits per heavy atom. The van der Waals surface area contributed by atoms with Crippen molar-refractivity contribution in [1.82, 2.24) is 10.6 Å². The molecule has 98 valence electrons. The van der Waals surface area contributed by atoms with Gasteiger partial charge in [0, 0.05) is 36.9 Å². The van der Waals surface area contributed by atoms with E-state index in [1.165, 1.54) is 0 Å². The minimum absolute atomic E-state index is 0.137. The molecule has 0 atom stereocenters. The summed E-state index contributed by atoms with van der Waals surface area (Å²) in [5, 5.41) is 25.7. The third-order valence-corrected chi connectivity index (χ3v) is 2.76. The van der Waals surface area contributed by atoms with Crippen molar-refractivity contribution in [2.24, 2.45) is 0 Å². The Balaban J connectivity index is 2.42. The summed E-state index contributed by atoms with van der Waals surface area (Å²) < 4.78 is 5.57. The quantitative estimate of drug-likeness (QED) is 0.613. The van der Waals surface area contributed by atoms with Crippen molar-refractivity contribution in [3.05, 3.63) is 46.6 Å². The van der Waals surface area contributed by atoms with E-state index in [9.17, 15) is 10.2 Å². The van der Waals surface area contributed by atoms with Gasteiger partial charge < -0.3 is 25.6 Å². The monoisotopic (exact) mass is 250 g/mol. The van der Waals surface area contributed by atoms with Crippen LogP contribution in [0.5, 0.6) is 0 Å². The zero-order valence-corrected chi connectivity index (χ0v) is 10.6. The predicted molar refractivity (Wildman–Crippen MR) is 68.5 cm³/mol. The van der Waals surface area contributed by atoms with E-state index >= 15 is 0 Å². The van der Waals surface area contributed by atoms with E-state index in [0.717, 1.165) is 24.4 Å². The van der Waals surface area contributed by atoms with Crippen molar-refractivity contribution in [2.75, 3.05) is 13.1 Å². The van der Waals surface area contributed by atoms with Crippen molar-refractivity contribution < 1.29 is 14.9 Å². The normalized spacial score (nSPS) is 18.8. The second-order valence-corrected chi connectivity index (χ2v) is 4.03. The third kappa shape index (κ3) is 2.16. The van der Waals surface area contributed by atoms with E-state index in [2.05, 4.69) is 10.6 Å². The largest absolute Gasteiger partial charge is 0.504 e. The van der Waals surface area contributed by atoms with Gasteiger partial charge in [0.2, 0.25) is 5.76 Å². The van der Waals surface area contributed by atoms with Gasteiger partial charge in [-0.1, -0.05) is 0 Å². The van der Waals surface area contributed by atoms with Crippen molar-refractivity contribution in [3.8, 4) is 0 Å². The molecule has 0 bridgehead atoms. The molecule has 1 heterocycles. The molecule has 0 radical (unpaired) electrons. The minimum Gasteiger partial charge on any atom is -0.504 e. The van der Waals surface area contributed by atoms with Crippen LogP contribution in [0, 0.1) is 0 Å². The summed E-state index contributed by atoms with van der Waals surface area (Å²) >= 11 is 0. The van der Waals surface area contributed by atoms with E-state index in [-0.39, 0.29) is 11.5 Å². The van der Waals surface area contributed by atoms with Crippen LogP contribution in [-0.2, 0) is 4.74 Å². The molecule has 2 aliphatic rings. The predicted octanol–water partition coefficient (Wildman–Crippen LogP) is 1.95. The van der Waals surface area contributed by atoms with Gasteiger partial charge in [0.1, 0.15) is 0 Å². The van der Waals surface area contributed by atoms with E-state index in [1.807, 2.05) is 19.9 Å². The van der Waals surface area contributed by atoms with Gasteiger partial charge in [-0.2, -0.15) is 0 Å². The minimum atomic E-state index is -0.213. The van der Waals surface area contributed by atoms with E-state index < -0.39 is 0 Å². The highest BCUT2D eigenvalue weighted by atomic mass is 16.5. The summed E-state index contributed by atoms with van der Waals surface area (Å²) in [6, 6.07) is 0. The highest BCUT2D eigenvalue weighted by molar-refractivity contribution is 5.49. The molecule has 5 heteroatoms. The molecule has 1 aliphatic carbocycles. The summed E-state index contributed by atoms with van der Waals surface area (Å²) in [5.74, 6) is 0.537. The van der Waals surface area contributed by atoms with E-state index in [0.29, 0.717) is 18.1 Å². The summed E-state index contributed by atoms with van der Waals surface area (Å²) in [7, 11) is 0. The van der Waals surface area contributed by atoms with E-state index in [4.69, 9.17) is 4.74 Å². The van der Waals surface area contributed by atoms with Crippen LogP contribution in [-0.4, -0.2) is 23.3 Å². The van der Waals surface area contributed by atoms with Gasteiger partial charge >= 0.3 is 0 Å². The van der Waals surface area contributed by atoms with Gasteiger partial charge in [-0.05, 0) is 19.9 Å². The molecule has 0 fully saturated rings. The molecule has 2 rings (SSSR count). The Morgan fingerprint density at radius 3 is 2.61 bits per heavy atom. The van der Waals surface area contributed by atoms with Gasteiger partial charge in [0.15, 0.2) is 17.4 Å². The average Bonchev–Trinajstić information content (AvgIpc) is 2.35. The van der Waals surface area contributed by atoms with Gasteiger partial charge in [0.25, 0.3) is 0 Å². The zero-order valence-electron chi connectivity index (χ0n) is 10.6. The standard InChI is InChI=1S/C13H18N2O3/c1-3-14-9-7-11(15-4-2)18-13-8(9)5-6-10(16)12(13)17/h6-7,14-17H,3-5H2,1-2H3. The maximum atomic E-state index is 9.86. The number of allylic oxidation sites excluding steroid dienone is 3. The Morgan fingerprint density at radius 2 is 1.94 bits per heavy atom. The summed E-state index contributed by atoms with van der Waals surface area (Å²) in [6.45, 7) is 5.46. The molecule has 0 amide bonds. The van der Waals surface area contributed by atoms with E-state index in [1.54, 1.807) is 6.08 Å². The lowest BCUT2D eigenvalue weighted by Gasteiger charge is -2.26. The SMILES string of the molecule is CCNC1=CC(NCC)=C2CC=C(O)C(O)=C2O1. The third-order valence-electron chi connectivity index (χ3n) is 2.76. The Hall–Kier alpha value is -2.04. The number of fused-ring (bicyclic) bond motifs is 1. The molecule has 4 N–H and O–H groups in total. The number of hydrogen-bond donors (Lipinski definition) is 4. The van der Waals surface area contributed by atoms with Crippen LogP contribution in [0.25, 0.3) is 0 Å². The van der Waals surface area contributed by atoms with Crippen molar-refractivity contribution in [3.63, 3.8) is 0 Å². The smallest absolute Gasteiger partial charge is 0.201 e. The first kappa shape index (κ1) is 12.4. The lowest BCUT2D eigenvalue weighted by Crippen LogP contribution is -2.25. The first-order valence-electron chi connectivity index (χ1n) is 6.10. The number of aliphatic hydroxyl groups is 2.